The Balaban J connectivity index is 1.63. The molecule has 202 valence electrons. The normalized spacial score (nSPS) is 13.5. The van der Waals surface area contributed by atoms with E-state index in [1.165, 1.54) is 34.5 Å². The second-order valence-electron chi connectivity index (χ2n) is 8.81. The Kier molecular flexibility index (Phi) is 6.69. The minimum atomic E-state index is -5.06. The summed E-state index contributed by atoms with van der Waals surface area (Å²) in [5.74, 6) is -1.10. The van der Waals surface area contributed by atoms with E-state index in [0.717, 1.165) is 11.0 Å². The van der Waals surface area contributed by atoms with E-state index in [0.29, 0.717) is 28.8 Å². The summed E-state index contributed by atoms with van der Waals surface area (Å²) < 4.78 is 95.2. The first-order valence-corrected chi connectivity index (χ1v) is 12.5. The summed E-state index contributed by atoms with van der Waals surface area (Å²) in [6, 6.07) is 11.4. The van der Waals surface area contributed by atoms with Crippen molar-refractivity contribution in [1.82, 2.24) is 9.88 Å². The Hall–Kier alpha value is -3.80. The third-order valence-corrected chi connectivity index (χ3v) is 7.29. The number of hydrogen-bond acceptors (Lipinski definition) is 3. The largest absolute Gasteiger partial charge is 0.416 e. The number of halogens is 7. The monoisotopic (exact) mass is 566 g/mol. The SMILES string of the molecule is O=C(NCc1cc(C(F)(F)F)cc(C(F)(F)F)c1)c1c(-c2cccc(F)c2)c2cccc3c2n(c1=O)CCS3. The molecule has 4 aromatic rings. The first-order valence-electron chi connectivity index (χ1n) is 11.5. The molecular weight excluding hydrogens is 549 g/mol. The van der Waals surface area contributed by atoms with Crippen LogP contribution in [-0.2, 0) is 25.4 Å². The van der Waals surface area contributed by atoms with Gasteiger partial charge in [0.1, 0.15) is 11.4 Å². The molecule has 1 amide bonds. The van der Waals surface area contributed by atoms with Crippen molar-refractivity contribution in [3.63, 3.8) is 0 Å². The van der Waals surface area contributed by atoms with E-state index in [-0.39, 0.29) is 29.3 Å². The predicted molar refractivity (Wildman–Crippen MR) is 132 cm³/mol. The zero-order chi connectivity index (χ0) is 28.1. The number of aromatic nitrogens is 1. The number of thioether (sulfide) groups is 1. The molecule has 1 aliphatic rings. The fourth-order valence-corrected chi connectivity index (χ4v) is 5.63. The van der Waals surface area contributed by atoms with E-state index in [1.807, 2.05) is 6.07 Å². The van der Waals surface area contributed by atoms with Crippen molar-refractivity contribution in [1.29, 1.82) is 0 Å². The highest BCUT2D eigenvalue weighted by Crippen LogP contribution is 2.38. The second-order valence-corrected chi connectivity index (χ2v) is 9.95. The van der Waals surface area contributed by atoms with E-state index in [1.54, 1.807) is 12.1 Å². The van der Waals surface area contributed by atoms with Gasteiger partial charge in [-0.25, -0.2) is 4.39 Å². The average molecular weight is 566 g/mol. The van der Waals surface area contributed by atoms with Gasteiger partial charge in [0.05, 0.1) is 16.6 Å². The van der Waals surface area contributed by atoms with E-state index < -0.39 is 52.9 Å². The Bertz CT molecular complexity index is 1640. The maximum atomic E-state index is 14.2. The van der Waals surface area contributed by atoms with E-state index >= 15 is 0 Å². The zero-order valence-corrected chi connectivity index (χ0v) is 20.5. The van der Waals surface area contributed by atoms with Gasteiger partial charge in [0.2, 0.25) is 0 Å². The van der Waals surface area contributed by atoms with Crippen LogP contribution in [0.25, 0.3) is 22.0 Å². The molecule has 0 bridgehead atoms. The predicted octanol–water partition coefficient (Wildman–Crippen LogP) is 6.88. The van der Waals surface area contributed by atoms with Crippen molar-refractivity contribution in [2.45, 2.75) is 30.3 Å². The number of nitrogens with zero attached hydrogens (tertiary/aromatic N) is 1. The summed E-state index contributed by atoms with van der Waals surface area (Å²) in [6.07, 6.45) is -10.1. The highest BCUT2D eigenvalue weighted by Gasteiger charge is 2.37. The number of hydrogen-bond donors (Lipinski definition) is 1. The van der Waals surface area contributed by atoms with Crippen LogP contribution in [0.5, 0.6) is 0 Å². The van der Waals surface area contributed by atoms with Gasteiger partial charge in [-0.05, 0) is 47.5 Å². The standard InChI is InChI=1S/C27H17F7N2O2S/c28-18-4-1-3-15(11-18)21-19-5-2-6-20-23(19)36(7-8-39-20)25(38)22(21)24(37)35-13-14-9-16(26(29,30)31)12-17(10-14)27(32,33)34/h1-6,9-12H,7-8,13H2,(H,35,37). The molecule has 0 saturated carbocycles. The van der Waals surface area contributed by atoms with Gasteiger partial charge in [0.25, 0.3) is 11.5 Å². The first kappa shape index (κ1) is 26.8. The fraction of sp³-hybridized carbons (Fsp3) is 0.185. The molecule has 5 rings (SSSR count). The van der Waals surface area contributed by atoms with Crippen molar-refractivity contribution in [2.24, 2.45) is 0 Å². The molecule has 0 fully saturated rings. The number of amides is 1. The number of benzene rings is 3. The number of para-hydroxylation sites is 1. The van der Waals surface area contributed by atoms with Crippen molar-refractivity contribution >= 4 is 28.6 Å². The van der Waals surface area contributed by atoms with E-state index in [9.17, 15) is 40.3 Å². The Morgan fingerprint density at radius 3 is 2.23 bits per heavy atom. The van der Waals surface area contributed by atoms with Gasteiger partial charge in [-0.15, -0.1) is 11.8 Å². The number of carbonyl (C=O) groups is 1. The van der Waals surface area contributed by atoms with Crippen LogP contribution in [0.3, 0.4) is 0 Å². The minimum Gasteiger partial charge on any atom is -0.348 e. The molecule has 0 unspecified atom stereocenters. The highest BCUT2D eigenvalue weighted by atomic mass is 32.2. The van der Waals surface area contributed by atoms with Gasteiger partial charge in [0, 0.05) is 34.7 Å². The number of nitrogens with one attached hydrogen (secondary N) is 1. The van der Waals surface area contributed by atoms with Crippen molar-refractivity contribution in [3.05, 3.63) is 99.1 Å². The first-order chi connectivity index (χ1) is 18.3. The third kappa shape index (κ3) is 5.12. The van der Waals surface area contributed by atoms with Crippen LogP contribution in [0.4, 0.5) is 30.7 Å². The van der Waals surface area contributed by atoms with Crippen molar-refractivity contribution in [3.8, 4) is 11.1 Å². The minimum absolute atomic E-state index is 0.0105. The zero-order valence-electron chi connectivity index (χ0n) is 19.7. The van der Waals surface area contributed by atoms with Crippen LogP contribution in [0, 0.1) is 5.82 Å². The van der Waals surface area contributed by atoms with Gasteiger partial charge < -0.3 is 9.88 Å². The molecule has 0 spiro atoms. The number of alkyl halides is 6. The molecule has 12 heteroatoms. The molecule has 1 N–H and O–H groups in total. The number of pyridine rings is 1. The molecule has 0 radical (unpaired) electrons. The molecule has 1 aliphatic heterocycles. The molecular formula is C27H17F7N2O2S. The fourth-order valence-electron chi connectivity index (χ4n) is 4.60. The van der Waals surface area contributed by atoms with Crippen LogP contribution < -0.4 is 10.9 Å². The summed E-state index contributed by atoms with van der Waals surface area (Å²) in [5, 5.41) is 2.78. The summed E-state index contributed by atoms with van der Waals surface area (Å²) >= 11 is 1.51. The molecule has 0 saturated heterocycles. The van der Waals surface area contributed by atoms with Crippen LogP contribution >= 0.6 is 11.8 Å². The molecule has 3 aromatic carbocycles. The Morgan fingerprint density at radius 2 is 1.59 bits per heavy atom. The summed E-state index contributed by atoms with van der Waals surface area (Å²) in [4.78, 5) is 27.8. The lowest BCUT2D eigenvalue weighted by Crippen LogP contribution is -2.35. The quantitative estimate of drug-likeness (QED) is 0.274. The molecule has 39 heavy (non-hydrogen) atoms. The van der Waals surface area contributed by atoms with Crippen LogP contribution in [0.2, 0.25) is 0 Å². The van der Waals surface area contributed by atoms with Gasteiger partial charge in [-0.3, -0.25) is 9.59 Å². The van der Waals surface area contributed by atoms with Gasteiger partial charge in [-0.1, -0.05) is 24.3 Å². The van der Waals surface area contributed by atoms with Crippen molar-refractivity contribution < 1.29 is 35.5 Å². The summed E-state index contributed by atoms with van der Waals surface area (Å²) in [5.41, 5.74) is -3.71. The third-order valence-electron chi connectivity index (χ3n) is 6.26. The van der Waals surface area contributed by atoms with E-state index in [2.05, 4.69) is 5.32 Å². The Labute approximate surface area is 220 Å². The maximum absolute atomic E-state index is 14.2. The molecule has 2 heterocycles. The van der Waals surface area contributed by atoms with E-state index in [4.69, 9.17) is 0 Å². The van der Waals surface area contributed by atoms with Crippen LogP contribution in [0.15, 0.2) is 70.4 Å². The number of carbonyl (C=O) groups excluding carboxylic acids is 1. The topological polar surface area (TPSA) is 51.1 Å². The Morgan fingerprint density at radius 1 is 0.923 bits per heavy atom. The summed E-state index contributed by atoms with van der Waals surface area (Å²) in [6.45, 7) is -0.453. The van der Waals surface area contributed by atoms with Crippen LogP contribution in [-0.4, -0.2) is 16.2 Å². The average Bonchev–Trinajstić information content (AvgIpc) is 2.88. The smallest absolute Gasteiger partial charge is 0.348 e. The van der Waals surface area contributed by atoms with Crippen LogP contribution in [0.1, 0.15) is 27.0 Å². The molecule has 0 atom stereocenters. The molecule has 1 aromatic heterocycles. The summed E-state index contributed by atoms with van der Waals surface area (Å²) in [7, 11) is 0. The second kappa shape index (κ2) is 9.74. The highest BCUT2D eigenvalue weighted by molar-refractivity contribution is 7.99. The lowest BCUT2D eigenvalue weighted by Gasteiger charge is -2.23. The lowest BCUT2D eigenvalue weighted by atomic mass is 9.95. The number of aryl methyl sites for hydroxylation is 1. The van der Waals surface area contributed by atoms with Gasteiger partial charge in [-0.2, -0.15) is 26.3 Å². The molecule has 4 nitrogen and oxygen atoms in total. The molecule has 0 aliphatic carbocycles. The maximum Gasteiger partial charge on any atom is 0.416 e. The van der Waals surface area contributed by atoms with Crippen molar-refractivity contribution in [2.75, 3.05) is 5.75 Å². The number of rotatable bonds is 4. The lowest BCUT2D eigenvalue weighted by molar-refractivity contribution is -0.143. The van der Waals surface area contributed by atoms with Gasteiger partial charge >= 0.3 is 12.4 Å². The van der Waals surface area contributed by atoms with Gasteiger partial charge in [0.15, 0.2) is 0 Å².